The van der Waals surface area contributed by atoms with Crippen molar-refractivity contribution in [3.8, 4) is 5.69 Å². The van der Waals surface area contributed by atoms with Crippen molar-refractivity contribution in [2.45, 2.75) is 20.1 Å². The Kier molecular flexibility index (Phi) is 2.80. The Labute approximate surface area is 101 Å². The first-order chi connectivity index (χ1) is 8.29. The van der Waals surface area contributed by atoms with E-state index in [4.69, 9.17) is 0 Å². The molecular formula is C12H11F3N2O. The minimum Gasteiger partial charge on any atom is -0.268 e. The van der Waals surface area contributed by atoms with Crippen LogP contribution < -0.4 is 5.56 Å². The highest BCUT2D eigenvalue weighted by Gasteiger charge is 2.35. The van der Waals surface area contributed by atoms with Crippen LogP contribution in [0.2, 0.25) is 0 Å². The van der Waals surface area contributed by atoms with Gasteiger partial charge in [0.2, 0.25) is 0 Å². The molecule has 2 aromatic rings. The van der Waals surface area contributed by atoms with Crippen molar-refractivity contribution >= 4 is 0 Å². The van der Waals surface area contributed by atoms with E-state index < -0.39 is 11.9 Å². The van der Waals surface area contributed by atoms with E-state index in [2.05, 4.69) is 0 Å². The van der Waals surface area contributed by atoms with Gasteiger partial charge in [-0.25, -0.2) is 0 Å². The van der Waals surface area contributed by atoms with Crippen LogP contribution in [0.5, 0.6) is 0 Å². The quantitative estimate of drug-likeness (QED) is 0.770. The maximum absolute atomic E-state index is 12.8. The highest BCUT2D eigenvalue weighted by atomic mass is 19.4. The fourth-order valence-electron chi connectivity index (χ4n) is 1.91. The van der Waals surface area contributed by atoms with Gasteiger partial charge in [0.1, 0.15) is 0 Å². The maximum atomic E-state index is 12.8. The number of aryl methyl sites for hydroxylation is 2. The van der Waals surface area contributed by atoms with Crippen LogP contribution in [-0.2, 0) is 6.30 Å². The predicted octanol–water partition coefficient (Wildman–Crippen LogP) is 2.73. The molecule has 0 aliphatic heterocycles. The summed E-state index contributed by atoms with van der Waals surface area (Å²) in [5.41, 5.74) is 0.883. The molecule has 0 bridgehead atoms. The Balaban J connectivity index is 2.69. The lowest BCUT2D eigenvalue weighted by Crippen LogP contribution is -2.32. The fraction of sp³-hybridized carbons (Fsp3) is 0.250. The van der Waals surface area contributed by atoms with Crippen molar-refractivity contribution in [3.05, 3.63) is 51.9 Å². The summed E-state index contributed by atoms with van der Waals surface area (Å²) in [5.74, 6) is 0. The van der Waals surface area contributed by atoms with Crippen LogP contribution in [0, 0.1) is 13.8 Å². The summed E-state index contributed by atoms with van der Waals surface area (Å²) in [6, 6.07) is 5.93. The molecule has 6 heteroatoms. The molecular weight excluding hydrogens is 245 g/mol. The zero-order chi connectivity index (χ0) is 13.5. The van der Waals surface area contributed by atoms with Crippen molar-refractivity contribution < 1.29 is 13.2 Å². The molecule has 0 N–H and O–H groups in total. The Morgan fingerprint density at radius 1 is 1.06 bits per heavy atom. The molecule has 0 saturated carbocycles. The number of rotatable bonds is 1. The fourth-order valence-corrected chi connectivity index (χ4v) is 1.91. The van der Waals surface area contributed by atoms with E-state index in [1.807, 2.05) is 6.07 Å². The van der Waals surface area contributed by atoms with Crippen LogP contribution in [0.25, 0.3) is 5.69 Å². The van der Waals surface area contributed by atoms with E-state index in [1.165, 1.54) is 0 Å². The zero-order valence-electron chi connectivity index (χ0n) is 9.82. The van der Waals surface area contributed by atoms with Crippen LogP contribution in [0.15, 0.2) is 35.3 Å². The van der Waals surface area contributed by atoms with E-state index in [-0.39, 0.29) is 4.68 Å². The second-order valence-corrected chi connectivity index (χ2v) is 4.12. The first kappa shape index (κ1) is 12.5. The standard InChI is InChI=1S/C12H11F3N2O/c1-8-5-9(2)7-10(6-8)16-4-3-11(18)17(16)12(13,14)15/h3-7H,1-2H3. The summed E-state index contributed by atoms with van der Waals surface area (Å²) in [4.78, 5) is 11.3. The van der Waals surface area contributed by atoms with Crippen molar-refractivity contribution in [3.63, 3.8) is 0 Å². The normalized spacial score (nSPS) is 11.8. The number of alkyl halides is 3. The van der Waals surface area contributed by atoms with Crippen molar-refractivity contribution in [1.82, 2.24) is 9.36 Å². The van der Waals surface area contributed by atoms with E-state index in [1.54, 1.807) is 26.0 Å². The smallest absolute Gasteiger partial charge is 0.268 e. The SMILES string of the molecule is Cc1cc(C)cc(-n2ccc(=O)n2C(F)(F)F)c1. The van der Waals surface area contributed by atoms with Crippen LogP contribution in [0.4, 0.5) is 13.2 Å². The Hall–Kier alpha value is -1.98. The van der Waals surface area contributed by atoms with Gasteiger partial charge in [-0.2, -0.15) is 4.68 Å². The molecule has 2 rings (SSSR count). The van der Waals surface area contributed by atoms with E-state index >= 15 is 0 Å². The molecule has 0 spiro atoms. The third kappa shape index (κ3) is 2.18. The molecule has 18 heavy (non-hydrogen) atoms. The van der Waals surface area contributed by atoms with Gasteiger partial charge in [-0.3, -0.25) is 9.48 Å². The second-order valence-electron chi connectivity index (χ2n) is 4.12. The summed E-state index contributed by atoms with van der Waals surface area (Å²) >= 11 is 0. The van der Waals surface area contributed by atoms with Gasteiger partial charge in [0.25, 0.3) is 5.56 Å². The van der Waals surface area contributed by atoms with Gasteiger partial charge in [-0.1, -0.05) is 6.07 Å². The number of aromatic nitrogens is 2. The average molecular weight is 256 g/mol. The predicted molar refractivity (Wildman–Crippen MR) is 60.8 cm³/mol. The average Bonchev–Trinajstić information content (AvgIpc) is 2.57. The molecule has 0 saturated heterocycles. The van der Waals surface area contributed by atoms with E-state index in [0.717, 1.165) is 28.1 Å². The van der Waals surface area contributed by atoms with Crippen LogP contribution in [0.1, 0.15) is 11.1 Å². The highest BCUT2D eigenvalue weighted by molar-refractivity contribution is 5.38. The van der Waals surface area contributed by atoms with Crippen molar-refractivity contribution in [2.24, 2.45) is 0 Å². The molecule has 96 valence electrons. The largest absolute Gasteiger partial charge is 0.506 e. The minimum atomic E-state index is -4.74. The molecule has 0 aliphatic rings. The molecule has 0 unspecified atom stereocenters. The summed E-state index contributed by atoms with van der Waals surface area (Å²) in [6.45, 7) is 3.58. The lowest BCUT2D eigenvalue weighted by molar-refractivity contribution is -0.218. The number of hydrogen-bond donors (Lipinski definition) is 0. The summed E-state index contributed by atoms with van der Waals surface area (Å²) < 4.78 is 38.9. The minimum absolute atomic E-state index is 0.221. The Morgan fingerprint density at radius 3 is 2.11 bits per heavy atom. The molecule has 3 nitrogen and oxygen atoms in total. The van der Waals surface area contributed by atoms with Gasteiger partial charge < -0.3 is 0 Å². The second kappa shape index (κ2) is 4.04. The van der Waals surface area contributed by atoms with Gasteiger partial charge in [0.15, 0.2) is 0 Å². The van der Waals surface area contributed by atoms with Gasteiger partial charge in [0.05, 0.1) is 5.69 Å². The molecule has 0 atom stereocenters. The van der Waals surface area contributed by atoms with E-state index in [9.17, 15) is 18.0 Å². The van der Waals surface area contributed by atoms with E-state index in [0.29, 0.717) is 5.69 Å². The van der Waals surface area contributed by atoms with Crippen molar-refractivity contribution in [1.29, 1.82) is 0 Å². The number of halogens is 3. The van der Waals surface area contributed by atoms with Gasteiger partial charge in [-0.05, 0) is 37.1 Å². The van der Waals surface area contributed by atoms with Crippen molar-refractivity contribution in [2.75, 3.05) is 0 Å². The summed E-state index contributed by atoms with van der Waals surface area (Å²) in [6.07, 6.45) is -3.62. The first-order valence-corrected chi connectivity index (χ1v) is 5.25. The number of hydrogen-bond acceptors (Lipinski definition) is 1. The lowest BCUT2D eigenvalue weighted by atomic mass is 10.1. The van der Waals surface area contributed by atoms with Gasteiger partial charge in [-0.15, -0.1) is 13.2 Å². The maximum Gasteiger partial charge on any atom is 0.506 e. The third-order valence-corrected chi connectivity index (χ3v) is 2.49. The molecule has 0 radical (unpaired) electrons. The molecule has 1 aromatic heterocycles. The summed E-state index contributed by atoms with van der Waals surface area (Å²) in [5, 5.41) is 0. The molecule has 0 fully saturated rings. The van der Waals surface area contributed by atoms with Crippen LogP contribution in [0.3, 0.4) is 0 Å². The summed E-state index contributed by atoms with van der Waals surface area (Å²) in [7, 11) is 0. The Bertz CT molecular complexity index is 617. The van der Waals surface area contributed by atoms with Gasteiger partial charge in [0, 0.05) is 12.3 Å². The van der Waals surface area contributed by atoms with Gasteiger partial charge >= 0.3 is 6.30 Å². The monoisotopic (exact) mass is 256 g/mol. The lowest BCUT2D eigenvalue weighted by Gasteiger charge is -2.15. The number of nitrogens with zero attached hydrogens (tertiary/aromatic N) is 2. The zero-order valence-corrected chi connectivity index (χ0v) is 9.82. The Morgan fingerprint density at radius 2 is 1.61 bits per heavy atom. The molecule has 0 aliphatic carbocycles. The molecule has 1 aromatic carbocycles. The first-order valence-electron chi connectivity index (χ1n) is 5.25. The molecule has 0 amide bonds. The third-order valence-electron chi connectivity index (χ3n) is 2.49. The van der Waals surface area contributed by atoms with Crippen LogP contribution in [-0.4, -0.2) is 9.36 Å². The topological polar surface area (TPSA) is 26.9 Å². The highest BCUT2D eigenvalue weighted by Crippen LogP contribution is 2.22. The molecule has 1 heterocycles. The van der Waals surface area contributed by atoms with Crippen LogP contribution >= 0.6 is 0 Å². The number of benzene rings is 1.